The van der Waals surface area contributed by atoms with Crippen LogP contribution in [0.4, 0.5) is 0 Å². The maximum atomic E-state index is 11.4. The lowest BCUT2D eigenvalue weighted by Crippen LogP contribution is -2.42. The molecule has 0 amide bonds. The number of morpholine rings is 1. The van der Waals surface area contributed by atoms with Gasteiger partial charge < -0.3 is 19.5 Å². The summed E-state index contributed by atoms with van der Waals surface area (Å²) in [5.41, 5.74) is 0. The first-order chi connectivity index (χ1) is 7.77. The Kier molecular flexibility index (Phi) is 6.37. The van der Waals surface area contributed by atoms with Gasteiger partial charge in [0.25, 0.3) is 0 Å². The molecular formula is C11H21NO4. The lowest BCUT2D eigenvalue weighted by Gasteiger charge is -2.25. The molecule has 5 nitrogen and oxygen atoms in total. The lowest BCUT2D eigenvalue weighted by molar-refractivity contribution is -0.160. The van der Waals surface area contributed by atoms with Crippen molar-refractivity contribution < 1.29 is 19.0 Å². The molecule has 1 aliphatic heterocycles. The third-order valence-corrected chi connectivity index (χ3v) is 2.41. The topological polar surface area (TPSA) is 56.8 Å². The fraction of sp³-hybridized carbons (Fsp3) is 0.909. The molecule has 94 valence electrons. The minimum absolute atomic E-state index is 0.0391. The molecule has 0 saturated carbocycles. The standard InChI is InChI=1S/C11H21NO4/c1-3-10(11(13)14-4-2)16-8-9-7-12-5-6-15-9/h9-10,12H,3-8H2,1-2H3. The first-order valence-electron chi connectivity index (χ1n) is 5.88. The van der Waals surface area contributed by atoms with Gasteiger partial charge in [-0.2, -0.15) is 0 Å². The summed E-state index contributed by atoms with van der Waals surface area (Å²) in [4.78, 5) is 11.4. The minimum Gasteiger partial charge on any atom is -0.464 e. The van der Waals surface area contributed by atoms with E-state index in [1.807, 2.05) is 6.92 Å². The van der Waals surface area contributed by atoms with Gasteiger partial charge in [0.15, 0.2) is 6.10 Å². The molecule has 5 heteroatoms. The number of esters is 1. The van der Waals surface area contributed by atoms with E-state index >= 15 is 0 Å². The average molecular weight is 231 g/mol. The van der Waals surface area contributed by atoms with Crippen molar-refractivity contribution in [3.8, 4) is 0 Å². The fourth-order valence-corrected chi connectivity index (χ4v) is 1.54. The number of rotatable bonds is 6. The molecule has 1 heterocycles. The second-order valence-corrected chi connectivity index (χ2v) is 3.68. The van der Waals surface area contributed by atoms with E-state index in [-0.39, 0.29) is 12.1 Å². The third-order valence-electron chi connectivity index (χ3n) is 2.41. The van der Waals surface area contributed by atoms with Gasteiger partial charge in [-0.25, -0.2) is 4.79 Å². The number of ether oxygens (including phenoxy) is 3. The van der Waals surface area contributed by atoms with E-state index in [9.17, 15) is 4.79 Å². The normalized spacial score (nSPS) is 22.8. The van der Waals surface area contributed by atoms with Crippen molar-refractivity contribution in [2.24, 2.45) is 0 Å². The van der Waals surface area contributed by atoms with Crippen LogP contribution in [0.2, 0.25) is 0 Å². The van der Waals surface area contributed by atoms with Crippen LogP contribution in [0.15, 0.2) is 0 Å². The highest BCUT2D eigenvalue weighted by Crippen LogP contribution is 2.04. The molecule has 2 unspecified atom stereocenters. The predicted octanol–water partition coefficient (Wildman–Crippen LogP) is 0.333. The SMILES string of the molecule is CCOC(=O)C(CC)OCC1CNCCO1. The molecule has 0 radical (unpaired) electrons. The smallest absolute Gasteiger partial charge is 0.335 e. The van der Waals surface area contributed by atoms with E-state index in [1.54, 1.807) is 6.92 Å². The molecule has 1 N–H and O–H groups in total. The first kappa shape index (κ1) is 13.4. The molecule has 16 heavy (non-hydrogen) atoms. The summed E-state index contributed by atoms with van der Waals surface area (Å²) in [5, 5.41) is 3.21. The van der Waals surface area contributed by atoms with Gasteiger partial charge in [0.1, 0.15) is 0 Å². The van der Waals surface area contributed by atoms with E-state index in [2.05, 4.69) is 5.32 Å². The second-order valence-electron chi connectivity index (χ2n) is 3.68. The van der Waals surface area contributed by atoms with Crippen molar-refractivity contribution in [1.29, 1.82) is 0 Å². The van der Waals surface area contributed by atoms with Crippen molar-refractivity contribution in [2.75, 3.05) is 32.9 Å². The highest BCUT2D eigenvalue weighted by atomic mass is 16.6. The Labute approximate surface area is 96.4 Å². The molecule has 0 aromatic carbocycles. The van der Waals surface area contributed by atoms with E-state index in [4.69, 9.17) is 14.2 Å². The summed E-state index contributed by atoms with van der Waals surface area (Å²) in [7, 11) is 0. The highest BCUT2D eigenvalue weighted by Gasteiger charge is 2.21. The predicted molar refractivity (Wildman–Crippen MR) is 59.3 cm³/mol. The van der Waals surface area contributed by atoms with Gasteiger partial charge in [0, 0.05) is 13.1 Å². The molecule has 1 aliphatic rings. The lowest BCUT2D eigenvalue weighted by atomic mass is 10.2. The summed E-state index contributed by atoms with van der Waals surface area (Å²) in [6, 6.07) is 0. The highest BCUT2D eigenvalue weighted by molar-refractivity contribution is 5.74. The van der Waals surface area contributed by atoms with Crippen LogP contribution in [0.25, 0.3) is 0 Å². The Morgan fingerprint density at radius 1 is 1.56 bits per heavy atom. The molecule has 0 aliphatic carbocycles. The Hall–Kier alpha value is -0.650. The molecule has 1 fully saturated rings. The van der Waals surface area contributed by atoms with E-state index in [1.165, 1.54) is 0 Å². The van der Waals surface area contributed by atoms with Crippen molar-refractivity contribution in [3.05, 3.63) is 0 Å². The zero-order valence-electron chi connectivity index (χ0n) is 10.0. The Balaban J connectivity index is 2.24. The van der Waals surface area contributed by atoms with Gasteiger partial charge in [0.2, 0.25) is 0 Å². The number of hydrogen-bond donors (Lipinski definition) is 1. The van der Waals surface area contributed by atoms with Crippen LogP contribution >= 0.6 is 0 Å². The van der Waals surface area contributed by atoms with Gasteiger partial charge in [-0.15, -0.1) is 0 Å². The second kappa shape index (κ2) is 7.60. The number of nitrogens with one attached hydrogen (secondary N) is 1. The van der Waals surface area contributed by atoms with Crippen molar-refractivity contribution in [1.82, 2.24) is 5.32 Å². The van der Waals surface area contributed by atoms with E-state index in [0.29, 0.717) is 26.2 Å². The number of hydrogen-bond acceptors (Lipinski definition) is 5. The van der Waals surface area contributed by atoms with Crippen LogP contribution in [0.1, 0.15) is 20.3 Å². The van der Waals surface area contributed by atoms with Crippen LogP contribution in [0.3, 0.4) is 0 Å². The maximum Gasteiger partial charge on any atom is 0.335 e. The first-order valence-corrected chi connectivity index (χ1v) is 5.88. The largest absolute Gasteiger partial charge is 0.464 e. The maximum absolute atomic E-state index is 11.4. The van der Waals surface area contributed by atoms with E-state index < -0.39 is 6.10 Å². The van der Waals surface area contributed by atoms with Gasteiger partial charge in [-0.1, -0.05) is 6.92 Å². The van der Waals surface area contributed by atoms with Crippen molar-refractivity contribution >= 4 is 5.97 Å². The van der Waals surface area contributed by atoms with Crippen LogP contribution in [0, 0.1) is 0 Å². The van der Waals surface area contributed by atoms with Gasteiger partial charge in [-0.3, -0.25) is 0 Å². The molecular weight excluding hydrogens is 210 g/mol. The summed E-state index contributed by atoms with van der Waals surface area (Å²) in [5.74, 6) is -0.284. The van der Waals surface area contributed by atoms with Gasteiger partial charge in [-0.05, 0) is 13.3 Å². The Morgan fingerprint density at radius 2 is 2.38 bits per heavy atom. The van der Waals surface area contributed by atoms with Gasteiger partial charge >= 0.3 is 5.97 Å². The molecule has 0 spiro atoms. The number of carbonyl (C=O) groups is 1. The number of carbonyl (C=O) groups excluding carboxylic acids is 1. The van der Waals surface area contributed by atoms with Crippen LogP contribution in [-0.2, 0) is 19.0 Å². The van der Waals surface area contributed by atoms with Crippen molar-refractivity contribution in [3.63, 3.8) is 0 Å². The molecule has 2 atom stereocenters. The average Bonchev–Trinajstić information content (AvgIpc) is 2.31. The Bertz CT molecular complexity index is 204. The summed E-state index contributed by atoms with van der Waals surface area (Å²) >= 11 is 0. The quantitative estimate of drug-likeness (QED) is 0.668. The van der Waals surface area contributed by atoms with Crippen LogP contribution in [-0.4, -0.2) is 51.1 Å². The molecule has 1 saturated heterocycles. The monoisotopic (exact) mass is 231 g/mol. The molecule has 0 aromatic rings. The van der Waals surface area contributed by atoms with Crippen molar-refractivity contribution in [2.45, 2.75) is 32.5 Å². The van der Waals surface area contributed by atoms with Gasteiger partial charge in [0.05, 0.1) is 25.9 Å². The third kappa shape index (κ3) is 4.47. The fourth-order valence-electron chi connectivity index (χ4n) is 1.54. The molecule has 1 rings (SSSR count). The zero-order chi connectivity index (χ0) is 11.8. The summed E-state index contributed by atoms with van der Waals surface area (Å²) < 4.78 is 15.9. The van der Waals surface area contributed by atoms with E-state index in [0.717, 1.165) is 13.1 Å². The Morgan fingerprint density at radius 3 is 2.94 bits per heavy atom. The summed E-state index contributed by atoms with van der Waals surface area (Å²) in [6.45, 7) is 6.87. The van der Waals surface area contributed by atoms with Crippen LogP contribution in [0.5, 0.6) is 0 Å². The molecule has 0 aromatic heterocycles. The molecule has 0 bridgehead atoms. The zero-order valence-corrected chi connectivity index (χ0v) is 10.0. The minimum atomic E-state index is -0.467. The summed E-state index contributed by atoms with van der Waals surface area (Å²) in [6.07, 6.45) is 0.196. The van der Waals surface area contributed by atoms with Crippen LogP contribution < -0.4 is 5.32 Å².